The molecule has 0 atom stereocenters. The third-order valence-corrected chi connectivity index (χ3v) is 4.00. The van der Waals surface area contributed by atoms with Crippen LogP contribution < -0.4 is 0 Å². The Balaban J connectivity index is 1.68. The van der Waals surface area contributed by atoms with Crippen molar-refractivity contribution in [2.75, 3.05) is 13.1 Å². The SMILES string of the molecule is O=C(c1cccc(C(F)(F)F)c1)N1CCC(n2ccnn2)CC1. The minimum Gasteiger partial charge on any atom is -0.338 e. The standard InChI is InChI=1S/C15H15F3N4O/c16-15(17,18)12-3-1-2-11(10-12)14(23)21-7-4-13(5-8-21)22-9-6-19-20-22/h1-3,6,9-10,13H,4-5,7-8H2. The molecule has 3 rings (SSSR count). The highest BCUT2D eigenvalue weighted by atomic mass is 19.4. The molecule has 1 aliphatic rings. The molecule has 1 aromatic heterocycles. The molecule has 8 heteroatoms. The Morgan fingerprint density at radius 1 is 1.22 bits per heavy atom. The van der Waals surface area contributed by atoms with Crippen molar-refractivity contribution >= 4 is 5.91 Å². The average molecular weight is 324 g/mol. The maximum Gasteiger partial charge on any atom is 0.416 e. The Morgan fingerprint density at radius 2 is 1.96 bits per heavy atom. The lowest BCUT2D eigenvalue weighted by atomic mass is 10.0. The van der Waals surface area contributed by atoms with Gasteiger partial charge in [-0.15, -0.1) is 5.10 Å². The van der Waals surface area contributed by atoms with Crippen molar-refractivity contribution in [2.45, 2.75) is 25.1 Å². The normalized spacial score (nSPS) is 16.6. The van der Waals surface area contributed by atoms with Gasteiger partial charge in [0, 0.05) is 24.8 Å². The Hall–Kier alpha value is -2.38. The van der Waals surface area contributed by atoms with E-state index in [1.54, 1.807) is 22.0 Å². The highest BCUT2D eigenvalue weighted by Crippen LogP contribution is 2.30. The molecule has 1 saturated heterocycles. The lowest BCUT2D eigenvalue weighted by Gasteiger charge is -2.32. The molecule has 1 amide bonds. The highest BCUT2D eigenvalue weighted by molar-refractivity contribution is 5.94. The van der Waals surface area contributed by atoms with Crippen LogP contribution in [0.1, 0.15) is 34.8 Å². The number of hydrogen-bond donors (Lipinski definition) is 0. The fourth-order valence-corrected chi connectivity index (χ4v) is 2.76. The number of carbonyl (C=O) groups excluding carboxylic acids is 1. The molecule has 1 fully saturated rings. The van der Waals surface area contributed by atoms with E-state index in [1.165, 1.54) is 12.1 Å². The third-order valence-electron chi connectivity index (χ3n) is 4.00. The molecule has 0 bridgehead atoms. The summed E-state index contributed by atoms with van der Waals surface area (Å²) in [4.78, 5) is 14.0. The summed E-state index contributed by atoms with van der Waals surface area (Å²) in [6, 6.07) is 4.72. The van der Waals surface area contributed by atoms with E-state index in [-0.39, 0.29) is 17.5 Å². The molecule has 0 radical (unpaired) electrons. The van der Waals surface area contributed by atoms with Gasteiger partial charge in [0.1, 0.15) is 0 Å². The lowest BCUT2D eigenvalue weighted by Crippen LogP contribution is -2.39. The quantitative estimate of drug-likeness (QED) is 0.853. The fraction of sp³-hybridized carbons (Fsp3) is 0.400. The third kappa shape index (κ3) is 3.35. The molecule has 23 heavy (non-hydrogen) atoms. The first kappa shape index (κ1) is 15.5. The number of aromatic nitrogens is 3. The van der Waals surface area contributed by atoms with Crippen LogP contribution in [0.2, 0.25) is 0 Å². The van der Waals surface area contributed by atoms with Gasteiger partial charge in [-0.2, -0.15) is 13.2 Å². The Kier molecular flexibility index (Phi) is 4.06. The van der Waals surface area contributed by atoms with E-state index in [0.29, 0.717) is 25.9 Å². The van der Waals surface area contributed by atoms with Crippen LogP contribution in [0.3, 0.4) is 0 Å². The first-order valence-corrected chi connectivity index (χ1v) is 7.27. The molecule has 1 aromatic carbocycles. The van der Waals surface area contributed by atoms with Crippen LogP contribution in [0.4, 0.5) is 13.2 Å². The second-order valence-electron chi connectivity index (χ2n) is 5.49. The summed E-state index contributed by atoms with van der Waals surface area (Å²) in [7, 11) is 0. The number of rotatable bonds is 2. The average Bonchev–Trinajstić information content (AvgIpc) is 3.08. The van der Waals surface area contributed by atoms with Gasteiger partial charge in [0.05, 0.1) is 17.8 Å². The minimum atomic E-state index is -4.45. The van der Waals surface area contributed by atoms with E-state index in [0.717, 1.165) is 12.1 Å². The van der Waals surface area contributed by atoms with E-state index < -0.39 is 11.7 Å². The number of alkyl halides is 3. The molecule has 0 saturated carbocycles. The molecule has 2 heterocycles. The number of carbonyl (C=O) groups is 1. The zero-order valence-electron chi connectivity index (χ0n) is 12.2. The van der Waals surface area contributed by atoms with Gasteiger partial charge in [-0.05, 0) is 31.0 Å². The molecule has 0 unspecified atom stereocenters. The van der Waals surface area contributed by atoms with Crippen molar-refractivity contribution in [3.05, 3.63) is 47.8 Å². The molecular formula is C15H15F3N4O. The Labute approximate surface area is 130 Å². The summed E-state index contributed by atoms with van der Waals surface area (Å²) in [6.07, 6.45) is 0.327. The van der Waals surface area contributed by atoms with Gasteiger partial charge >= 0.3 is 6.18 Å². The summed E-state index contributed by atoms with van der Waals surface area (Å²) in [6.45, 7) is 0.971. The minimum absolute atomic E-state index is 0.0685. The number of nitrogens with zero attached hydrogens (tertiary/aromatic N) is 4. The van der Waals surface area contributed by atoms with Crippen LogP contribution in [0.25, 0.3) is 0 Å². The van der Waals surface area contributed by atoms with Crippen molar-refractivity contribution in [2.24, 2.45) is 0 Å². The maximum absolute atomic E-state index is 12.7. The van der Waals surface area contributed by atoms with E-state index in [1.807, 2.05) is 0 Å². The zero-order valence-corrected chi connectivity index (χ0v) is 12.2. The highest BCUT2D eigenvalue weighted by Gasteiger charge is 2.32. The molecule has 0 N–H and O–H groups in total. The second kappa shape index (κ2) is 6.02. The Bertz CT molecular complexity index is 676. The van der Waals surface area contributed by atoms with E-state index in [4.69, 9.17) is 0 Å². The molecule has 2 aromatic rings. The van der Waals surface area contributed by atoms with Gasteiger partial charge in [0.2, 0.25) is 0 Å². The monoisotopic (exact) mass is 324 g/mol. The summed E-state index contributed by atoms with van der Waals surface area (Å²) < 4.78 is 40.0. The van der Waals surface area contributed by atoms with Gasteiger partial charge in [0.15, 0.2) is 0 Å². The van der Waals surface area contributed by atoms with E-state index >= 15 is 0 Å². The number of halogens is 3. The molecule has 0 aliphatic carbocycles. The van der Waals surface area contributed by atoms with E-state index in [9.17, 15) is 18.0 Å². The van der Waals surface area contributed by atoms with Gasteiger partial charge in [-0.25, -0.2) is 4.68 Å². The molecule has 1 aliphatic heterocycles. The van der Waals surface area contributed by atoms with Crippen LogP contribution in [-0.2, 0) is 6.18 Å². The smallest absolute Gasteiger partial charge is 0.338 e. The number of amides is 1. The maximum atomic E-state index is 12.7. The number of hydrogen-bond acceptors (Lipinski definition) is 3. The van der Waals surface area contributed by atoms with Crippen LogP contribution in [0, 0.1) is 0 Å². The first-order chi connectivity index (χ1) is 10.9. The summed E-state index contributed by atoms with van der Waals surface area (Å²) in [5.41, 5.74) is -0.736. The summed E-state index contributed by atoms with van der Waals surface area (Å²) >= 11 is 0. The van der Waals surface area contributed by atoms with Gasteiger partial charge in [-0.1, -0.05) is 11.3 Å². The van der Waals surface area contributed by atoms with Crippen LogP contribution in [-0.4, -0.2) is 38.9 Å². The van der Waals surface area contributed by atoms with Crippen LogP contribution >= 0.6 is 0 Å². The lowest BCUT2D eigenvalue weighted by molar-refractivity contribution is -0.137. The van der Waals surface area contributed by atoms with Crippen molar-refractivity contribution in [3.8, 4) is 0 Å². The number of benzene rings is 1. The summed E-state index contributed by atoms with van der Waals surface area (Å²) in [5.74, 6) is -0.367. The van der Waals surface area contributed by atoms with Crippen molar-refractivity contribution < 1.29 is 18.0 Å². The van der Waals surface area contributed by atoms with Gasteiger partial charge in [-0.3, -0.25) is 4.79 Å². The van der Waals surface area contributed by atoms with Crippen molar-refractivity contribution in [1.29, 1.82) is 0 Å². The molecule has 0 spiro atoms. The van der Waals surface area contributed by atoms with E-state index in [2.05, 4.69) is 10.3 Å². The predicted octanol–water partition coefficient (Wildman–Crippen LogP) is 2.77. The predicted molar refractivity (Wildman–Crippen MR) is 75.6 cm³/mol. The number of piperidine rings is 1. The summed E-state index contributed by atoms with van der Waals surface area (Å²) in [5, 5.41) is 7.70. The van der Waals surface area contributed by atoms with Crippen molar-refractivity contribution in [3.63, 3.8) is 0 Å². The zero-order chi connectivity index (χ0) is 16.4. The molecule has 5 nitrogen and oxygen atoms in total. The largest absolute Gasteiger partial charge is 0.416 e. The van der Waals surface area contributed by atoms with Gasteiger partial charge in [0.25, 0.3) is 5.91 Å². The molecule has 122 valence electrons. The number of likely N-dealkylation sites (tertiary alicyclic amines) is 1. The van der Waals surface area contributed by atoms with Crippen LogP contribution in [0.15, 0.2) is 36.7 Å². The first-order valence-electron chi connectivity index (χ1n) is 7.27. The van der Waals surface area contributed by atoms with Crippen LogP contribution in [0.5, 0.6) is 0 Å². The Morgan fingerprint density at radius 3 is 2.57 bits per heavy atom. The molecular weight excluding hydrogens is 309 g/mol. The second-order valence-corrected chi connectivity index (χ2v) is 5.49. The fourth-order valence-electron chi connectivity index (χ4n) is 2.76. The van der Waals surface area contributed by atoms with Gasteiger partial charge < -0.3 is 4.90 Å². The topological polar surface area (TPSA) is 51.0 Å². The van der Waals surface area contributed by atoms with Crippen molar-refractivity contribution in [1.82, 2.24) is 19.9 Å².